The van der Waals surface area contributed by atoms with Gasteiger partial charge in [-0.05, 0) is 23.7 Å². The van der Waals surface area contributed by atoms with Crippen LogP contribution >= 0.6 is 11.6 Å². The fourth-order valence-corrected chi connectivity index (χ4v) is 2.49. The number of imidazole rings is 1. The van der Waals surface area contributed by atoms with Crippen LogP contribution in [0.3, 0.4) is 0 Å². The molecule has 2 heterocycles. The number of aryl methyl sites for hydroxylation is 1. The van der Waals surface area contributed by atoms with E-state index in [1.807, 2.05) is 29.8 Å². The van der Waals surface area contributed by atoms with Gasteiger partial charge in [-0.3, -0.25) is 0 Å². The molecular formula is C15H16ClN5O2. The second kappa shape index (κ2) is 6.29. The number of ether oxygens (including phenoxy) is 2. The Hall–Kier alpha value is -2.54. The predicted octanol–water partition coefficient (Wildman–Crippen LogP) is 2.65. The molecule has 0 aliphatic heterocycles. The fraction of sp³-hybridized carbons (Fsp3) is 0.267. The molecule has 3 rings (SSSR count). The molecular weight excluding hydrogens is 318 g/mol. The van der Waals surface area contributed by atoms with Gasteiger partial charge in [0.05, 0.1) is 20.5 Å². The molecule has 0 saturated heterocycles. The van der Waals surface area contributed by atoms with Crippen molar-refractivity contribution in [1.82, 2.24) is 19.5 Å². The first-order chi connectivity index (χ1) is 11.1. The monoisotopic (exact) mass is 333 g/mol. The number of aromatic nitrogens is 4. The maximum Gasteiger partial charge on any atom is 0.226 e. The lowest BCUT2D eigenvalue weighted by molar-refractivity contribution is 0.391. The first-order valence-electron chi connectivity index (χ1n) is 6.91. The Morgan fingerprint density at radius 3 is 2.78 bits per heavy atom. The van der Waals surface area contributed by atoms with E-state index >= 15 is 0 Å². The number of nitrogens with zero attached hydrogens (tertiary/aromatic N) is 4. The highest BCUT2D eigenvalue weighted by atomic mass is 35.5. The van der Waals surface area contributed by atoms with Gasteiger partial charge in [0.25, 0.3) is 0 Å². The zero-order valence-corrected chi connectivity index (χ0v) is 13.8. The molecule has 1 aromatic carbocycles. The van der Waals surface area contributed by atoms with Crippen LogP contribution in [0.25, 0.3) is 11.2 Å². The van der Waals surface area contributed by atoms with Crippen LogP contribution in [0, 0.1) is 0 Å². The van der Waals surface area contributed by atoms with Crippen LogP contribution in [0.4, 0.5) is 5.82 Å². The maximum atomic E-state index is 5.96. The Kier molecular flexibility index (Phi) is 4.20. The SMILES string of the molecule is COc1ccc(CNc2nc(Cl)nc3ncn(C)c23)c(OC)c1. The molecule has 8 heteroatoms. The van der Waals surface area contributed by atoms with Gasteiger partial charge in [-0.15, -0.1) is 0 Å². The minimum atomic E-state index is 0.153. The van der Waals surface area contributed by atoms with Crippen LogP contribution in [0.2, 0.25) is 5.28 Å². The summed E-state index contributed by atoms with van der Waals surface area (Å²) in [5, 5.41) is 3.42. The maximum absolute atomic E-state index is 5.96. The van der Waals surface area contributed by atoms with Gasteiger partial charge >= 0.3 is 0 Å². The van der Waals surface area contributed by atoms with Crippen molar-refractivity contribution >= 4 is 28.6 Å². The van der Waals surface area contributed by atoms with Crippen molar-refractivity contribution in [3.63, 3.8) is 0 Å². The van der Waals surface area contributed by atoms with E-state index in [-0.39, 0.29) is 5.28 Å². The third-order valence-corrected chi connectivity index (χ3v) is 3.65. The van der Waals surface area contributed by atoms with Crippen LogP contribution in [0.5, 0.6) is 11.5 Å². The van der Waals surface area contributed by atoms with Gasteiger partial charge in [-0.2, -0.15) is 9.97 Å². The number of rotatable bonds is 5. The van der Waals surface area contributed by atoms with Crippen molar-refractivity contribution in [2.24, 2.45) is 7.05 Å². The van der Waals surface area contributed by atoms with Gasteiger partial charge in [-0.1, -0.05) is 0 Å². The van der Waals surface area contributed by atoms with Gasteiger partial charge in [0.2, 0.25) is 5.28 Å². The smallest absolute Gasteiger partial charge is 0.226 e. The zero-order valence-electron chi connectivity index (χ0n) is 13.0. The Labute approximate surface area is 138 Å². The van der Waals surface area contributed by atoms with E-state index in [0.29, 0.717) is 18.0 Å². The molecule has 0 saturated carbocycles. The number of anilines is 1. The van der Waals surface area contributed by atoms with Crippen LogP contribution in [0.15, 0.2) is 24.5 Å². The van der Waals surface area contributed by atoms with E-state index in [1.165, 1.54) is 0 Å². The average Bonchev–Trinajstić information content (AvgIpc) is 2.93. The highest BCUT2D eigenvalue weighted by Crippen LogP contribution is 2.26. The van der Waals surface area contributed by atoms with Crippen molar-refractivity contribution in [3.8, 4) is 11.5 Å². The van der Waals surface area contributed by atoms with E-state index in [2.05, 4.69) is 20.3 Å². The molecule has 0 radical (unpaired) electrons. The van der Waals surface area contributed by atoms with Crippen molar-refractivity contribution in [2.75, 3.05) is 19.5 Å². The Morgan fingerprint density at radius 1 is 1.22 bits per heavy atom. The van der Waals surface area contributed by atoms with Gasteiger partial charge in [0, 0.05) is 25.2 Å². The predicted molar refractivity (Wildman–Crippen MR) is 88.2 cm³/mol. The summed E-state index contributed by atoms with van der Waals surface area (Å²) in [6.45, 7) is 0.515. The number of hydrogen-bond donors (Lipinski definition) is 1. The average molecular weight is 334 g/mol. The van der Waals surface area contributed by atoms with Crippen LogP contribution in [0.1, 0.15) is 5.56 Å². The summed E-state index contributed by atoms with van der Waals surface area (Å²) in [5.74, 6) is 2.10. The molecule has 0 unspecified atom stereocenters. The van der Waals surface area contributed by atoms with Gasteiger partial charge in [0.1, 0.15) is 17.0 Å². The van der Waals surface area contributed by atoms with E-state index < -0.39 is 0 Å². The number of hydrogen-bond acceptors (Lipinski definition) is 6. The first-order valence-corrected chi connectivity index (χ1v) is 7.29. The molecule has 0 atom stereocenters. The molecule has 23 heavy (non-hydrogen) atoms. The van der Waals surface area contributed by atoms with Gasteiger partial charge < -0.3 is 19.4 Å². The molecule has 0 amide bonds. The number of benzene rings is 1. The lowest BCUT2D eigenvalue weighted by Crippen LogP contribution is -2.06. The summed E-state index contributed by atoms with van der Waals surface area (Å²) in [6.07, 6.45) is 1.68. The van der Waals surface area contributed by atoms with Crippen molar-refractivity contribution in [3.05, 3.63) is 35.4 Å². The third-order valence-electron chi connectivity index (χ3n) is 3.48. The van der Waals surface area contributed by atoms with E-state index in [4.69, 9.17) is 21.1 Å². The highest BCUT2D eigenvalue weighted by Gasteiger charge is 2.12. The lowest BCUT2D eigenvalue weighted by Gasteiger charge is -2.12. The van der Waals surface area contributed by atoms with Crippen molar-refractivity contribution in [1.29, 1.82) is 0 Å². The number of fused-ring (bicyclic) bond motifs is 1. The molecule has 0 aliphatic carbocycles. The number of methoxy groups -OCH3 is 2. The standard InChI is InChI=1S/C15H16ClN5O2/c1-21-8-18-14-12(21)13(19-15(16)20-14)17-7-9-4-5-10(22-2)6-11(9)23-3/h4-6,8H,7H2,1-3H3,(H,17,19,20). The molecule has 0 fully saturated rings. The molecule has 0 bridgehead atoms. The quantitative estimate of drug-likeness (QED) is 0.723. The van der Waals surface area contributed by atoms with E-state index in [9.17, 15) is 0 Å². The molecule has 120 valence electrons. The first kappa shape index (κ1) is 15.4. The van der Waals surface area contributed by atoms with E-state index in [0.717, 1.165) is 22.6 Å². The lowest BCUT2D eigenvalue weighted by atomic mass is 10.2. The summed E-state index contributed by atoms with van der Waals surface area (Å²) >= 11 is 5.96. The molecule has 0 spiro atoms. The Balaban J connectivity index is 1.90. The largest absolute Gasteiger partial charge is 0.497 e. The fourth-order valence-electron chi connectivity index (χ4n) is 2.33. The molecule has 3 aromatic rings. The van der Waals surface area contributed by atoms with Gasteiger partial charge in [-0.25, -0.2) is 4.98 Å². The normalized spacial score (nSPS) is 10.8. The molecule has 1 N–H and O–H groups in total. The zero-order chi connectivity index (χ0) is 16.4. The van der Waals surface area contributed by atoms with E-state index in [1.54, 1.807) is 20.5 Å². The van der Waals surface area contributed by atoms with Crippen LogP contribution in [-0.2, 0) is 13.6 Å². The van der Waals surface area contributed by atoms with Crippen molar-refractivity contribution < 1.29 is 9.47 Å². The summed E-state index contributed by atoms with van der Waals surface area (Å²) in [6, 6.07) is 5.66. The van der Waals surface area contributed by atoms with Crippen LogP contribution < -0.4 is 14.8 Å². The molecule has 7 nitrogen and oxygen atoms in total. The summed E-state index contributed by atoms with van der Waals surface area (Å²) in [4.78, 5) is 12.6. The summed E-state index contributed by atoms with van der Waals surface area (Å²) in [5.41, 5.74) is 2.32. The van der Waals surface area contributed by atoms with Crippen LogP contribution in [-0.4, -0.2) is 33.7 Å². The summed E-state index contributed by atoms with van der Waals surface area (Å²) < 4.78 is 12.4. The second-order valence-electron chi connectivity index (χ2n) is 4.90. The second-order valence-corrected chi connectivity index (χ2v) is 5.24. The summed E-state index contributed by atoms with van der Waals surface area (Å²) in [7, 11) is 5.12. The molecule has 0 aliphatic rings. The van der Waals surface area contributed by atoms with Gasteiger partial charge in [0.15, 0.2) is 11.5 Å². The Bertz CT molecular complexity index is 849. The minimum Gasteiger partial charge on any atom is -0.497 e. The number of nitrogens with one attached hydrogen (secondary N) is 1. The topological polar surface area (TPSA) is 74.1 Å². The third kappa shape index (κ3) is 3.00. The minimum absolute atomic E-state index is 0.153. The number of halogens is 1. The van der Waals surface area contributed by atoms with Crippen molar-refractivity contribution in [2.45, 2.75) is 6.54 Å². The molecule has 2 aromatic heterocycles. The Morgan fingerprint density at radius 2 is 2.04 bits per heavy atom. The highest BCUT2D eigenvalue weighted by molar-refractivity contribution is 6.28.